The second-order valence-electron chi connectivity index (χ2n) is 5.49. The van der Waals surface area contributed by atoms with Gasteiger partial charge in [0, 0.05) is 23.3 Å². The van der Waals surface area contributed by atoms with E-state index in [1.165, 1.54) is 18.6 Å². The van der Waals surface area contributed by atoms with Crippen molar-refractivity contribution in [3.8, 4) is 0 Å². The lowest BCUT2D eigenvalue weighted by Crippen LogP contribution is -2.39. The van der Waals surface area contributed by atoms with Gasteiger partial charge in [-0.25, -0.2) is 0 Å². The average Bonchev–Trinajstić information content (AvgIpc) is 2.87. The molecule has 4 rings (SSSR count). The lowest BCUT2D eigenvalue weighted by atomic mass is 9.81. The molecule has 0 spiro atoms. The summed E-state index contributed by atoms with van der Waals surface area (Å²) in [6, 6.07) is 9.79. The molecule has 0 aromatic heterocycles. The van der Waals surface area contributed by atoms with Gasteiger partial charge in [-0.05, 0) is 37.6 Å². The van der Waals surface area contributed by atoms with Gasteiger partial charge in [-0.15, -0.1) is 12.6 Å². The fraction of sp³-hybridized carbons (Fsp3) is 0.412. The Labute approximate surface area is 126 Å². The van der Waals surface area contributed by atoms with Gasteiger partial charge in [0.15, 0.2) is 0 Å². The van der Waals surface area contributed by atoms with Crippen LogP contribution >= 0.6 is 12.6 Å². The maximum absolute atomic E-state index is 5.92. The molecule has 0 amide bonds. The molecule has 0 bridgehead atoms. The van der Waals surface area contributed by atoms with E-state index < -0.39 is 0 Å². The summed E-state index contributed by atoms with van der Waals surface area (Å²) >= 11 is 4.08. The van der Waals surface area contributed by atoms with Crippen LogP contribution in [0.1, 0.15) is 12.8 Å². The summed E-state index contributed by atoms with van der Waals surface area (Å²) in [5, 5.41) is 3.39. The SMILES string of the molecule is C1=CCC2C(=C1)OC1CNCCC12.Sc1ccccc1. The van der Waals surface area contributed by atoms with E-state index in [1.54, 1.807) is 0 Å². The van der Waals surface area contributed by atoms with E-state index >= 15 is 0 Å². The number of piperidine rings is 1. The molecule has 2 aliphatic heterocycles. The summed E-state index contributed by atoms with van der Waals surface area (Å²) < 4.78 is 5.92. The zero-order valence-electron chi connectivity index (χ0n) is 11.5. The van der Waals surface area contributed by atoms with Crippen molar-refractivity contribution in [2.75, 3.05) is 13.1 Å². The van der Waals surface area contributed by atoms with Crippen molar-refractivity contribution in [3.63, 3.8) is 0 Å². The molecule has 3 unspecified atom stereocenters. The second-order valence-corrected chi connectivity index (χ2v) is 6.00. The number of ether oxygens (including phenoxy) is 1. The highest BCUT2D eigenvalue weighted by Gasteiger charge is 2.42. The second kappa shape index (κ2) is 6.51. The van der Waals surface area contributed by atoms with Crippen molar-refractivity contribution in [1.82, 2.24) is 5.32 Å². The summed E-state index contributed by atoms with van der Waals surface area (Å²) in [7, 11) is 0. The lowest BCUT2D eigenvalue weighted by molar-refractivity contribution is 0.108. The highest BCUT2D eigenvalue weighted by Crippen LogP contribution is 2.42. The molecule has 3 aliphatic rings. The molecule has 20 heavy (non-hydrogen) atoms. The smallest absolute Gasteiger partial charge is 0.114 e. The average molecular weight is 287 g/mol. The van der Waals surface area contributed by atoms with Crippen molar-refractivity contribution in [2.45, 2.75) is 23.8 Å². The number of rotatable bonds is 0. The molecular formula is C17H21NOS. The maximum Gasteiger partial charge on any atom is 0.114 e. The van der Waals surface area contributed by atoms with Crippen LogP contribution in [0.3, 0.4) is 0 Å². The summed E-state index contributed by atoms with van der Waals surface area (Å²) in [6.07, 6.45) is 9.45. The molecule has 3 heteroatoms. The minimum atomic E-state index is 0.449. The molecule has 1 N–H and O–H groups in total. The van der Waals surface area contributed by atoms with Crippen LogP contribution in [-0.2, 0) is 4.74 Å². The molecule has 0 radical (unpaired) electrons. The quantitative estimate of drug-likeness (QED) is 0.713. The summed E-state index contributed by atoms with van der Waals surface area (Å²) in [5.41, 5.74) is 0. The molecule has 2 saturated heterocycles. The van der Waals surface area contributed by atoms with Crippen molar-refractivity contribution in [3.05, 3.63) is 54.3 Å². The molecule has 1 aromatic carbocycles. The number of allylic oxidation sites excluding steroid dienone is 4. The van der Waals surface area contributed by atoms with Crippen LogP contribution in [0.15, 0.2) is 59.2 Å². The number of fused-ring (bicyclic) bond motifs is 3. The topological polar surface area (TPSA) is 21.3 Å². The van der Waals surface area contributed by atoms with Crippen LogP contribution in [0.4, 0.5) is 0 Å². The zero-order chi connectivity index (χ0) is 13.8. The van der Waals surface area contributed by atoms with E-state index in [0.29, 0.717) is 12.0 Å². The predicted octanol–water partition coefficient (Wildman–Crippen LogP) is 3.43. The van der Waals surface area contributed by atoms with E-state index in [2.05, 4.69) is 36.2 Å². The van der Waals surface area contributed by atoms with Crippen LogP contribution in [0.2, 0.25) is 0 Å². The first-order chi connectivity index (χ1) is 9.84. The van der Waals surface area contributed by atoms with Gasteiger partial charge < -0.3 is 10.1 Å². The third kappa shape index (κ3) is 3.10. The molecule has 0 saturated carbocycles. The van der Waals surface area contributed by atoms with Crippen LogP contribution in [0.25, 0.3) is 0 Å². The third-order valence-electron chi connectivity index (χ3n) is 4.19. The highest BCUT2D eigenvalue weighted by molar-refractivity contribution is 7.80. The summed E-state index contributed by atoms with van der Waals surface area (Å²) in [4.78, 5) is 1.02. The Morgan fingerprint density at radius 3 is 2.80 bits per heavy atom. The van der Waals surface area contributed by atoms with Gasteiger partial charge >= 0.3 is 0 Å². The number of nitrogens with one attached hydrogen (secondary N) is 1. The first-order valence-electron chi connectivity index (χ1n) is 7.32. The Hall–Kier alpha value is -1.19. The van der Waals surface area contributed by atoms with Gasteiger partial charge in [-0.3, -0.25) is 0 Å². The van der Waals surface area contributed by atoms with Gasteiger partial charge in [0.25, 0.3) is 0 Å². The highest BCUT2D eigenvalue weighted by atomic mass is 32.1. The molecule has 106 valence electrons. The third-order valence-corrected chi connectivity index (χ3v) is 4.49. The molecule has 2 nitrogen and oxygen atoms in total. The minimum absolute atomic E-state index is 0.449. The Balaban J connectivity index is 0.000000147. The molecule has 2 fully saturated rings. The van der Waals surface area contributed by atoms with E-state index in [1.807, 2.05) is 30.3 Å². The van der Waals surface area contributed by atoms with Gasteiger partial charge in [-0.2, -0.15) is 0 Å². The fourth-order valence-corrected chi connectivity index (χ4v) is 3.35. The summed E-state index contributed by atoms with van der Waals surface area (Å²) in [5.74, 6) is 2.70. The van der Waals surface area contributed by atoms with Gasteiger partial charge in [-0.1, -0.05) is 30.4 Å². The molecule has 1 aromatic rings. The lowest BCUT2D eigenvalue weighted by Gasteiger charge is -2.26. The predicted molar refractivity (Wildman–Crippen MR) is 84.9 cm³/mol. The normalized spacial score (nSPS) is 30.2. The zero-order valence-corrected chi connectivity index (χ0v) is 12.4. The summed E-state index contributed by atoms with van der Waals surface area (Å²) in [6.45, 7) is 2.20. The van der Waals surface area contributed by atoms with Gasteiger partial charge in [0.05, 0.1) is 0 Å². The largest absolute Gasteiger partial charge is 0.493 e. The Bertz CT molecular complexity index is 497. The van der Waals surface area contributed by atoms with E-state index in [-0.39, 0.29) is 0 Å². The Kier molecular flexibility index (Phi) is 4.48. The molecular weight excluding hydrogens is 266 g/mol. The Morgan fingerprint density at radius 2 is 2.05 bits per heavy atom. The number of hydrogen-bond acceptors (Lipinski definition) is 3. The van der Waals surface area contributed by atoms with Crippen molar-refractivity contribution in [2.24, 2.45) is 11.8 Å². The monoisotopic (exact) mass is 287 g/mol. The number of benzene rings is 1. The standard InChI is InChI=1S/C11H15NO.C6H6S/c1-2-4-10-8(3-1)9-5-6-12-7-11(9)13-10;7-6-4-2-1-3-5-6/h1-2,4,8-9,11-12H,3,5-7H2;1-5,7H. The van der Waals surface area contributed by atoms with Crippen LogP contribution in [0, 0.1) is 11.8 Å². The number of thiol groups is 1. The van der Waals surface area contributed by atoms with Crippen LogP contribution in [0.5, 0.6) is 0 Å². The van der Waals surface area contributed by atoms with Gasteiger partial charge in [0.2, 0.25) is 0 Å². The first kappa shape index (κ1) is 13.8. The van der Waals surface area contributed by atoms with E-state index in [0.717, 1.165) is 23.9 Å². The fourth-order valence-electron chi connectivity index (χ4n) is 3.18. The Morgan fingerprint density at radius 1 is 1.20 bits per heavy atom. The first-order valence-corrected chi connectivity index (χ1v) is 7.77. The molecule has 3 atom stereocenters. The number of hydrogen-bond donors (Lipinski definition) is 2. The minimum Gasteiger partial charge on any atom is -0.493 e. The van der Waals surface area contributed by atoms with Crippen LogP contribution in [-0.4, -0.2) is 19.2 Å². The van der Waals surface area contributed by atoms with Crippen molar-refractivity contribution >= 4 is 12.6 Å². The maximum atomic E-state index is 5.92. The van der Waals surface area contributed by atoms with E-state index in [4.69, 9.17) is 4.74 Å². The molecule has 2 heterocycles. The van der Waals surface area contributed by atoms with Crippen molar-refractivity contribution < 1.29 is 4.74 Å². The van der Waals surface area contributed by atoms with Gasteiger partial charge in [0.1, 0.15) is 11.9 Å². The van der Waals surface area contributed by atoms with Crippen molar-refractivity contribution in [1.29, 1.82) is 0 Å². The molecule has 1 aliphatic carbocycles. The van der Waals surface area contributed by atoms with E-state index in [9.17, 15) is 0 Å². The van der Waals surface area contributed by atoms with Crippen LogP contribution < -0.4 is 5.32 Å².